The summed E-state index contributed by atoms with van der Waals surface area (Å²) in [6.07, 6.45) is 5.25. The molecule has 2 nitrogen and oxygen atoms in total. The highest BCUT2D eigenvalue weighted by molar-refractivity contribution is 7.10. The van der Waals surface area contributed by atoms with Gasteiger partial charge in [-0.3, -0.25) is 5.01 Å². The lowest BCUT2D eigenvalue weighted by atomic mass is 10.1. The molecule has 0 N–H and O–H groups in total. The topological polar surface area (TPSA) is 15.6 Å². The molecular weight excluding hydrogens is 320 g/mol. The summed E-state index contributed by atoms with van der Waals surface area (Å²) in [7, 11) is 0. The zero-order valence-electron chi connectivity index (χ0n) is 12.5. The van der Waals surface area contributed by atoms with Crippen molar-refractivity contribution in [2.75, 3.05) is 5.01 Å². The van der Waals surface area contributed by atoms with Crippen molar-refractivity contribution < 1.29 is 0 Å². The molecule has 1 atom stereocenters. The van der Waals surface area contributed by atoms with E-state index >= 15 is 0 Å². The molecule has 2 aromatic heterocycles. The summed E-state index contributed by atoms with van der Waals surface area (Å²) in [5, 5.41) is 11.3. The summed E-state index contributed by atoms with van der Waals surface area (Å²) in [5.74, 6) is 0. The number of para-hydroxylation sites is 1. The van der Waals surface area contributed by atoms with E-state index in [-0.39, 0.29) is 0 Å². The van der Waals surface area contributed by atoms with Crippen LogP contribution >= 0.6 is 22.7 Å². The molecule has 4 rings (SSSR count). The maximum atomic E-state index is 4.87. The van der Waals surface area contributed by atoms with Crippen LogP contribution < -0.4 is 5.01 Å². The highest BCUT2D eigenvalue weighted by Gasteiger charge is 2.28. The van der Waals surface area contributed by atoms with E-state index in [1.807, 2.05) is 6.07 Å². The van der Waals surface area contributed by atoms with Crippen LogP contribution in [0.3, 0.4) is 0 Å². The molecule has 3 aromatic rings. The van der Waals surface area contributed by atoms with E-state index < -0.39 is 0 Å². The molecule has 0 amide bonds. The number of rotatable bonds is 4. The average molecular weight is 336 g/mol. The summed E-state index contributed by atoms with van der Waals surface area (Å²) in [4.78, 5) is 2.62. The second kappa shape index (κ2) is 6.52. The predicted molar refractivity (Wildman–Crippen MR) is 101 cm³/mol. The van der Waals surface area contributed by atoms with Crippen LogP contribution in [-0.2, 0) is 0 Å². The van der Waals surface area contributed by atoms with Gasteiger partial charge in [-0.1, -0.05) is 30.3 Å². The van der Waals surface area contributed by atoms with Crippen LogP contribution in [0.15, 0.2) is 76.5 Å². The van der Waals surface area contributed by atoms with Gasteiger partial charge in [0.15, 0.2) is 0 Å². The monoisotopic (exact) mass is 336 g/mol. The summed E-state index contributed by atoms with van der Waals surface area (Å²) in [5.41, 5.74) is 2.27. The highest BCUT2D eigenvalue weighted by Crippen LogP contribution is 2.37. The molecule has 4 heteroatoms. The largest absolute Gasteiger partial charge is 0.257 e. The third kappa shape index (κ3) is 3.14. The van der Waals surface area contributed by atoms with Gasteiger partial charge in [-0.25, -0.2) is 0 Å². The molecule has 0 radical (unpaired) electrons. The Morgan fingerprint density at radius 2 is 1.74 bits per heavy atom. The van der Waals surface area contributed by atoms with E-state index in [0.29, 0.717) is 6.04 Å². The van der Waals surface area contributed by atoms with Crippen LogP contribution in [-0.4, -0.2) is 5.71 Å². The van der Waals surface area contributed by atoms with Crippen LogP contribution in [0.25, 0.3) is 6.08 Å². The zero-order valence-corrected chi connectivity index (χ0v) is 14.1. The van der Waals surface area contributed by atoms with Gasteiger partial charge in [0.25, 0.3) is 0 Å². The minimum absolute atomic E-state index is 0.292. The van der Waals surface area contributed by atoms with Gasteiger partial charge in [0.2, 0.25) is 0 Å². The van der Waals surface area contributed by atoms with Crippen molar-refractivity contribution in [3.05, 3.63) is 81.2 Å². The zero-order chi connectivity index (χ0) is 15.5. The number of thiophene rings is 2. The normalized spacial score (nSPS) is 17.8. The molecule has 1 aliphatic rings. The van der Waals surface area contributed by atoms with Gasteiger partial charge in [-0.05, 0) is 47.2 Å². The molecule has 0 spiro atoms. The van der Waals surface area contributed by atoms with Crippen LogP contribution in [0.2, 0.25) is 0 Å². The fourth-order valence-corrected chi connectivity index (χ4v) is 4.15. The van der Waals surface area contributed by atoms with E-state index in [2.05, 4.69) is 76.5 Å². The van der Waals surface area contributed by atoms with Crippen molar-refractivity contribution in [3.63, 3.8) is 0 Å². The Hall–Kier alpha value is -2.17. The first-order valence-electron chi connectivity index (χ1n) is 7.57. The molecule has 1 unspecified atom stereocenters. The molecule has 114 valence electrons. The minimum Gasteiger partial charge on any atom is -0.257 e. The summed E-state index contributed by atoms with van der Waals surface area (Å²) >= 11 is 3.55. The first-order chi connectivity index (χ1) is 11.4. The average Bonchev–Trinajstić information content (AvgIpc) is 3.33. The van der Waals surface area contributed by atoms with Crippen molar-refractivity contribution in [2.45, 2.75) is 12.5 Å². The van der Waals surface area contributed by atoms with Gasteiger partial charge < -0.3 is 0 Å². The number of anilines is 1. The van der Waals surface area contributed by atoms with Crippen LogP contribution in [0.1, 0.15) is 22.2 Å². The van der Waals surface area contributed by atoms with E-state index in [0.717, 1.165) is 17.8 Å². The second-order valence-corrected chi connectivity index (χ2v) is 7.31. The second-order valence-electron chi connectivity index (χ2n) is 5.36. The van der Waals surface area contributed by atoms with Gasteiger partial charge in [0.1, 0.15) is 0 Å². The lowest BCUT2D eigenvalue weighted by Gasteiger charge is -2.22. The molecule has 0 bridgehead atoms. The van der Waals surface area contributed by atoms with Crippen molar-refractivity contribution in [1.82, 2.24) is 0 Å². The molecule has 0 saturated heterocycles. The predicted octanol–water partition coefficient (Wildman–Crippen LogP) is 5.83. The number of benzene rings is 1. The standard InChI is InChI=1S/C19H16N2S2/c1-2-6-16(7-3-1)21-18(19-9-5-13-23-19)14-15(20-21)10-11-17-8-4-12-22-17/h1-13,18H,14H2/b11-10+. The third-order valence-corrected chi connectivity index (χ3v) is 5.62. The first-order valence-corrected chi connectivity index (χ1v) is 9.33. The number of hydrogen-bond acceptors (Lipinski definition) is 4. The molecule has 1 aliphatic heterocycles. The minimum atomic E-state index is 0.292. The van der Waals surface area contributed by atoms with Crippen molar-refractivity contribution in [1.29, 1.82) is 0 Å². The Kier molecular flexibility index (Phi) is 4.09. The van der Waals surface area contributed by atoms with Crippen molar-refractivity contribution in [2.24, 2.45) is 5.10 Å². The molecule has 0 saturated carbocycles. The first kappa shape index (κ1) is 14.4. The maximum Gasteiger partial charge on any atom is 0.0923 e. The molecule has 0 fully saturated rings. The van der Waals surface area contributed by atoms with E-state index in [9.17, 15) is 0 Å². The van der Waals surface area contributed by atoms with Gasteiger partial charge in [0.05, 0.1) is 17.4 Å². The fourth-order valence-electron chi connectivity index (χ4n) is 2.72. The van der Waals surface area contributed by atoms with Crippen molar-refractivity contribution in [3.8, 4) is 0 Å². The molecule has 1 aromatic carbocycles. The smallest absolute Gasteiger partial charge is 0.0923 e. The lowest BCUT2D eigenvalue weighted by Crippen LogP contribution is -2.17. The van der Waals surface area contributed by atoms with E-state index in [1.165, 1.54) is 9.75 Å². The van der Waals surface area contributed by atoms with Crippen LogP contribution in [0.4, 0.5) is 5.69 Å². The highest BCUT2D eigenvalue weighted by atomic mass is 32.1. The third-order valence-electron chi connectivity index (χ3n) is 3.81. The fraction of sp³-hybridized carbons (Fsp3) is 0.105. The van der Waals surface area contributed by atoms with Crippen LogP contribution in [0, 0.1) is 0 Å². The van der Waals surface area contributed by atoms with Gasteiger partial charge in [0, 0.05) is 16.2 Å². The molecule has 3 heterocycles. The Bertz CT molecular complexity index is 802. The van der Waals surface area contributed by atoms with E-state index in [4.69, 9.17) is 5.10 Å². The Balaban J connectivity index is 1.64. The molecular formula is C19H16N2S2. The molecule has 0 aliphatic carbocycles. The Labute approximate surface area is 144 Å². The quantitative estimate of drug-likeness (QED) is 0.585. The maximum absolute atomic E-state index is 4.87. The van der Waals surface area contributed by atoms with Crippen molar-refractivity contribution >= 4 is 40.1 Å². The summed E-state index contributed by atoms with van der Waals surface area (Å²) in [6.45, 7) is 0. The molecule has 23 heavy (non-hydrogen) atoms. The number of nitrogens with zero attached hydrogens (tertiary/aromatic N) is 2. The number of allylic oxidation sites excluding steroid dienone is 1. The van der Waals surface area contributed by atoms with Gasteiger partial charge >= 0.3 is 0 Å². The number of hydrogen-bond donors (Lipinski definition) is 0. The van der Waals surface area contributed by atoms with E-state index in [1.54, 1.807) is 22.7 Å². The van der Waals surface area contributed by atoms with Gasteiger partial charge in [-0.2, -0.15) is 5.10 Å². The Morgan fingerprint density at radius 1 is 0.913 bits per heavy atom. The lowest BCUT2D eigenvalue weighted by molar-refractivity contribution is 0.722. The SMILES string of the molecule is C(=C\c1cccs1)/C1=NN(c2ccccc2)C(c2cccs2)C1. The summed E-state index contributed by atoms with van der Waals surface area (Å²) < 4.78 is 0. The van der Waals surface area contributed by atoms with Gasteiger partial charge in [-0.15, -0.1) is 22.7 Å². The summed E-state index contributed by atoms with van der Waals surface area (Å²) in [6, 6.07) is 19.2. The Morgan fingerprint density at radius 3 is 2.48 bits per heavy atom. The number of hydrazone groups is 1. The van der Waals surface area contributed by atoms with Crippen LogP contribution in [0.5, 0.6) is 0 Å².